The molecule has 2 heterocycles. The van der Waals surface area contributed by atoms with Crippen LogP contribution in [0.5, 0.6) is 5.75 Å². The molecule has 2 aliphatic rings. The molecule has 0 bridgehead atoms. The zero-order valence-corrected chi connectivity index (χ0v) is 17.6. The van der Waals surface area contributed by atoms with E-state index in [1.165, 1.54) is 4.90 Å². The number of hydrogen-bond donors (Lipinski definition) is 3. The minimum absolute atomic E-state index is 0.0210. The van der Waals surface area contributed by atoms with E-state index in [-0.39, 0.29) is 43.1 Å². The van der Waals surface area contributed by atoms with E-state index >= 15 is 0 Å². The van der Waals surface area contributed by atoms with E-state index in [4.69, 9.17) is 9.47 Å². The van der Waals surface area contributed by atoms with Gasteiger partial charge in [-0.25, -0.2) is 4.79 Å². The van der Waals surface area contributed by atoms with Crippen LogP contribution >= 0.6 is 0 Å². The normalized spacial score (nSPS) is 23.8. The van der Waals surface area contributed by atoms with Crippen LogP contribution in [0, 0.1) is 0 Å². The number of aliphatic hydroxyl groups excluding tert-OH is 1. The van der Waals surface area contributed by atoms with Crippen molar-refractivity contribution in [2.45, 2.75) is 37.1 Å². The molecule has 31 heavy (non-hydrogen) atoms. The molecule has 0 aromatic heterocycles. The lowest BCUT2D eigenvalue weighted by molar-refractivity contribution is -0.147. The van der Waals surface area contributed by atoms with Gasteiger partial charge in [-0.05, 0) is 36.8 Å². The van der Waals surface area contributed by atoms with Crippen LogP contribution in [-0.2, 0) is 9.53 Å². The van der Waals surface area contributed by atoms with Crippen molar-refractivity contribution in [3.63, 3.8) is 0 Å². The van der Waals surface area contributed by atoms with Gasteiger partial charge in [-0.2, -0.15) is 0 Å². The highest BCUT2D eigenvalue weighted by molar-refractivity contribution is 5.99. The summed E-state index contributed by atoms with van der Waals surface area (Å²) in [4.78, 5) is 26.1. The van der Waals surface area contributed by atoms with Crippen molar-refractivity contribution in [3.05, 3.63) is 54.1 Å². The van der Waals surface area contributed by atoms with Crippen molar-refractivity contribution in [2.24, 2.45) is 0 Å². The molecule has 2 aromatic rings. The highest BCUT2D eigenvalue weighted by Crippen LogP contribution is 2.47. The lowest BCUT2D eigenvalue weighted by Gasteiger charge is -2.37. The standard InChI is InChI=1S/C23H27N3O5/c1-26(2)21(28)12-16-11-18-17-10-15(25-23(29)24-14-6-4-3-5-7-14)8-9-19(17)31-22(18)20(13-27)30-16/h3-10,16,18,20,22,27H,11-13H2,1-2H3,(H2,24,25,29)/t16-,18+,20-,22-/m1/s1. The molecule has 0 unspecified atom stereocenters. The number of nitrogens with zero attached hydrogens (tertiary/aromatic N) is 1. The molecular formula is C23H27N3O5. The number of hydrogen-bond acceptors (Lipinski definition) is 5. The summed E-state index contributed by atoms with van der Waals surface area (Å²) < 4.78 is 12.0. The number of fused-ring (bicyclic) bond motifs is 3. The Labute approximate surface area is 181 Å². The van der Waals surface area contributed by atoms with Gasteiger partial charge in [0, 0.05) is 37.0 Å². The summed E-state index contributed by atoms with van der Waals surface area (Å²) in [5.41, 5.74) is 2.30. The Hall–Kier alpha value is -3.10. The lowest BCUT2D eigenvalue weighted by Crippen LogP contribution is -2.47. The van der Waals surface area contributed by atoms with Gasteiger partial charge in [0.1, 0.15) is 18.0 Å². The highest BCUT2D eigenvalue weighted by atomic mass is 16.6. The highest BCUT2D eigenvalue weighted by Gasteiger charge is 2.46. The minimum Gasteiger partial charge on any atom is -0.487 e. The van der Waals surface area contributed by atoms with Gasteiger partial charge in [-0.3, -0.25) is 4.79 Å². The predicted octanol–water partition coefficient (Wildman–Crippen LogP) is 2.80. The summed E-state index contributed by atoms with van der Waals surface area (Å²) >= 11 is 0. The SMILES string of the molecule is CN(C)C(=O)C[C@H]1C[C@H]2c3cc(NC(=O)Nc4ccccc4)ccc3O[C@H]2[C@@H](CO)O1. The first kappa shape index (κ1) is 21.1. The molecule has 0 spiro atoms. The van der Waals surface area contributed by atoms with E-state index < -0.39 is 6.10 Å². The third-order valence-electron chi connectivity index (χ3n) is 5.69. The fraction of sp³-hybridized carbons (Fsp3) is 0.391. The number of nitrogens with one attached hydrogen (secondary N) is 2. The first-order valence-corrected chi connectivity index (χ1v) is 10.3. The zero-order valence-electron chi connectivity index (χ0n) is 17.6. The maximum atomic E-state index is 12.4. The van der Waals surface area contributed by atoms with Crippen molar-refractivity contribution in [1.82, 2.24) is 4.90 Å². The van der Waals surface area contributed by atoms with Crippen molar-refractivity contribution >= 4 is 23.3 Å². The molecule has 0 aliphatic carbocycles. The van der Waals surface area contributed by atoms with Crippen molar-refractivity contribution in [2.75, 3.05) is 31.3 Å². The molecular weight excluding hydrogens is 398 g/mol. The van der Waals surface area contributed by atoms with Gasteiger partial charge in [0.2, 0.25) is 5.91 Å². The fourth-order valence-electron chi connectivity index (χ4n) is 4.16. The zero-order chi connectivity index (χ0) is 22.0. The van der Waals surface area contributed by atoms with Gasteiger partial charge < -0.3 is 30.1 Å². The molecule has 8 heteroatoms. The van der Waals surface area contributed by atoms with E-state index in [1.807, 2.05) is 42.5 Å². The summed E-state index contributed by atoms with van der Waals surface area (Å²) in [6.45, 7) is -0.188. The maximum Gasteiger partial charge on any atom is 0.323 e. The summed E-state index contributed by atoms with van der Waals surface area (Å²) in [5.74, 6) is 0.665. The van der Waals surface area contributed by atoms with Gasteiger partial charge in [0.25, 0.3) is 0 Å². The Balaban J connectivity index is 1.49. The third kappa shape index (κ3) is 4.65. The number of aliphatic hydroxyl groups is 1. The van der Waals surface area contributed by atoms with Crippen LogP contribution < -0.4 is 15.4 Å². The molecule has 8 nitrogen and oxygen atoms in total. The second-order valence-corrected chi connectivity index (χ2v) is 8.09. The van der Waals surface area contributed by atoms with Crippen LogP contribution in [0.4, 0.5) is 16.2 Å². The number of carbonyl (C=O) groups is 2. The third-order valence-corrected chi connectivity index (χ3v) is 5.69. The summed E-state index contributed by atoms with van der Waals surface area (Å²) in [5, 5.41) is 15.5. The number of anilines is 2. The molecule has 1 fully saturated rings. The van der Waals surface area contributed by atoms with Crippen LogP contribution in [-0.4, -0.2) is 61.0 Å². The Morgan fingerprint density at radius 1 is 1.10 bits per heavy atom. The molecule has 2 aliphatic heterocycles. The number of carbonyl (C=O) groups excluding carboxylic acids is 2. The second-order valence-electron chi connectivity index (χ2n) is 8.09. The van der Waals surface area contributed by atoms with Gasteiger partial charge in [-0.1, -0.05) is 18.2 Å². The molecule has 3 N–H and O–H groups in total. The average Bonchev–Trinajstić information content (AvgIpc) is 3.11. The molecule has 0 saturated carbocycles. The molecule has 1 saturated heterocycles. The maximum absolute atomic E-state index is 12.4. The van der Waals surface area contributed by atoms with Gasteiger partial charge in [-0.15, -0.1) is 0 Å². The predicted molar refractivity (Wildman–Crippen MR) is 116 cm³/mol. The number of ether oxygens (including phenoxy) is 2. The quantitative estimate of drug-likeness (QED) is 0.684. The van der Waals surface area contributed by atoms with E-state index in [0.29, 0.717) is 23.5 Å². The van der Waals surface area contributed by atoms with Crippen LogP contribution in [0.15, 0.2) is 48.5 Å². The number of amides is 3. The van der Waals surface area contributed by atoms with E-state index in [1.54, 1.807) is 20.2 Å². The first-order valence-electron chi connectivity index (χ1n) is 10.3. The Morgan fingerprint density at radius 3 is 2.55 bits per heavy atom. The van der Waals surface area contributed by atoms with Crippen molar-refractivity contribution < 1.29 is 24.2 Å². The Bertz CT molecular complexity index is 949. The monoisotopic (exact) mass is 425 g/mol. The summed E-state index contributed by atoms with van der Waals surface area (Å²) in [6, 6.07) is 14.4. The minimum atomic E-state index is -0.510. The van der Waals surface area contributed by atoms with Gasteiger partial charge in [0.05, 0.1) is 19.1 Å². The largest absolute Gasteiger partial charge is 0.487 e. The molecule has 164 valence electrons. The molecule has 3 amide bonds. The van der Waals surface area contributed by atoms with Gasteiger partial charge >= 0.3 is 6.03 Å². The molecule has 2 aromatic carbocycles. The number of para-hydroxylation sites is 1. The first-order chi connectivity index (χ1) is 14.9. The molecule has 4 rings (SSSR count). The van der Waals surface area contributed by atoms with Crippen molar-refractivity contribution in [1.29, 1.82) is 0 Å². The Morgan fingerprint density at radius 2 is 1.84 bits per heavy atom. The summed E-state index contributed by atoms with van der Waals surface area (Å²) in [7, 11) is 3.42. The van der Waals surface area contributed by atoms with Crippen LogP contribution in [0.25, 0.3) is 0 Å². The van der Waals surface area contributed by atoms with Gasteiger partial charge in [0.15, 0.2) is 0 Å². The van der Waals surface area contributed by atoms with Crippen molar-refractivity contribution in [3.8, 4) is 5.75 Å². The van der Waals surface area contributed by atoms with E-state index in [0.717, 1.165) is 5.56 Å². The number of benzene rings is 2. The van der Waals surface area contributed by atoms with E-state index in [2.05, 4.69) is 10.6 Å². The average molecular weight is 425 g/mol. The van der Waals surface area contributed by atoms with Crippen LogP contribution in [0.1, 0.15) is 24.3 Å². The van der Waals surface area contributed by atoms with Crippen LogP contribution in [0.3, 0.4) is 0 Å². The second kappa shape index (κ2) is 8.95. The fourth-order valence-corrected chi connectivity index (χ4v) is 4.16. The number of rotatable bonds is 5. The smallest absolute Gasteiger partial charge is 0.323 e. The topological polar surface area (TPSA) is 100 Å². The summed E-state index contributed by atoms with van der Waals surface area (Å²) in [6.07, 6.45) is -0.281. The molecule has 4 atom stereocenters. The van der Waals surface area contributed by atoms with E-state index in [9.17, 15) is 14.7 Å². The molecule has 0 radical (unpaired) electrons. The number of urea groups is 1. The Kier molecular flexibility index (Phi) is 6.11. The lowest BCUT2D eigenvalue weighted by atomic mass is 9.84. The van der Waals surface area contributed by atoms with Crippen LogP contribution in [0.2, 0.25) is 0 Å².